The SMILES string of the molecule is CCc1nccn1CC(=O)N[C@@H](Cc1ccsc1)c1nc(C)cs1. The van der Waals surface area contributed by atoms with Crippen molar-refractivity contribution in [2.24, 2.45) is 0 Å². The summed E-state index contributed by atoms with van der Waals surface area (Å²) in [6.45, 7) is 4.30. The normalized spacial score (nSPS) is 12.2. The highest BCUT2D eigenvalue weighted by atomic mass is 32.1. The molecule has 7 heteroatoms. The molecule has 0 saturated carbocycles. The van der Waals surface area contributed by atoms with Gasteiger partial charge >= 0.3 is 0 Å². The molecule has 0 aliphatic heterocycles. The van der Waals surface area contributed by atoms with Crippen LogP contribution in [0.3, 0.4) is 0 Å². The molecule has 24 heavy (non-hydrogen) atoms. The molecule has 0 unspecified atom stereocenters. The third kappa shape index (κ3) is 4.10. The fourth-order valence-corrected chi connectivity index (χ4v) is 4.10. The van der Waals surface area contributed by atoms with Crippen LogP contribution in [0.5, 0.6) is 0 Å². The number of amides is 1. The molecule has 0 fully saturated rings. The number of carbonyl (C=O) groups is 1. The Balaban J connectivity index is 1.72. The van der Waals surface area contributed by atoms with Gasteiger partial charge in [0, 0.05) is 36.3 Å². The van der Waals surface area contributed by atoms with Crippen LogP contribution in [-0.4, -0.2) is 20.4 Å². The van der Waals surface area contributed by atoms with Crippen LogP contribution in [0.1, 0.15) is 35.1 Å². The summed E-state index contributed by atoms with van der Waals surface area (Å²) in [4.78, 5) is 21.3. The summed E-state index contributed by atoms with van der Waals surface area (Å²) in [6, 6.07) is 1.99. The molecule has 5 nitrogen and oxygen atoms in total. The molecule has 0 aromatic carbocycles. The molecule has 0 aliphatic rings. The van der Waals surface area contributed by atoms with Crippen LogP contribution in [0.4, 0.5) is 0 Å². The molecule has 3 rings (SSSR count). The van der Waals surface area contributed by atoms with Crippen LogP contribution in [0.25, 0.3) is 0 Å². The minimum atomic E-state index is -0.0978. The van der Waals surface area contributed by atoms with Gasteiger partial charge in [-0.05, 0) is 29.3 Å². The van der Waals surface area contributed by atoms with Gasteiger partial charge in [0.1, 0.15) is 17.4 Å². The third-order valence-electron chi connectivity index (χ3n) is 3.72. The van der Waals surface area contributed by atoms with E-state index in [2.05, 4.69) is 32.1 Å². The maximum absolute atomic E-state index is 12.5. The quantitative estimate of drug-likeness (QED) is 0.703. The lowest BCUT2D eigenvalue weighted by Crippen LogP contribution is -2.33. The number of hydrogen-bond acceptors (Lipinski definition) is 5. The van der Waals surface area contributed by atoms with Gasteiger partial charge in [-0.15, -0.1) is 11.3 Å². The van der Waals surface area contributed by atoms with Gasteiger partial charge in [-0.25, -0.2) is 9.97 Å². The van der Waals surface area contributed by atoms with E-state index in [1.807, 2.05) is 30.0 Å². The number of imidazole rings is 1. The summed E-state index contributed by atoms with van der Waals surface area (Å²) in [7, 11) is 0. The molecule has 1 atom stereocenters. The molecule has 1 amide bonds. The Morgan fingerprint density at radius 3 is 2.96 bits per heavy atom. The maximum Gasteiger partial charge on any atom is 0.240 e. The van der Waals surface area contributed by atoms with Crippen molar-refractivity contribution in [3.8, 4) is 0 Å². The van der Waals surface area contributed by atoms with Crippen molar-refractivity contribution in [3.05, 3.63) is 56.7 Å². The third-order valence-corrected chi connectivity index (χ3v) is 5.53. The number of nitrogens with zero attached hydrogens (tertiary/aromatic N) is 3. The summed E-state index contributed by atoms with van der Waals surface area (Å²) in [6.07, 6.45) is 5.15. The van der Waals surface area contributed by atoms with E-state index in [-0.39, 0.29) is 18.5 Å². The lowest BCUT2D eigenvalue weighted by atomic mass is 10.1. The fraction of sp³-hybridized carbons (Fsp3) is 0.353. The Bertz CT molecular complexity index is 791. The summed E-state index contributed by atoms with van der Waals surface area (Å²) < 4.78 is 1.89. The van der Waals surface area contributed by atoms with Gasteiger partial charge in [0.15, 0.2) is 0 Å². The van der Waals surface area contributed by atoms with Crippen LogP contribution in [-0.2, 0) is 24.2 Å². The number of aryl methyl sites for hydroxylation is 2. The van der Waals surface area contributed by atoms with Gasteiger partial charge in [0.2, 0.25) is 5.91 Å². The average Bonchev–Trinajstić information content (AvgIpc) is 3.28. The van der Waals surface area contributed by atoms with Gasteiger partial charge in [-0.1, -0.05) is 6.92 Å². The minimum absolute atomic E-state index is 0.0178. The van der Waals surface area contributed by atoms with Crippen molar-refractivity contribution < 1.29 is 4.79 Å². The van der Waals surface area contributed by atoms with Crippen molar-refractivity contribution in [1.82, 2.24) is 19.9 Å². The minimum Gasteiger partial charge on any atom is -0.345 e. The smallest absolute Gasteiger partial charge is 0.240 e. The average molecular weight is 361 g/mol. The molecule has 0 bridgehead atoms. The van der Waals surface area contributed by atoms with Crippen LogP contribution < -0.4 is 5.32 Å². The second kappa shape index (κ2) is 7.72. The highest BCUT2D eigenvalue weighted by Gasteiger charge is 2.19. The Morgan fingerprint density at radius 1 is 1.42 bits per heavy atom. The molecular weight excluding hydrogens is 340 g/mol. The first-order chi connectivity index (χ1) is 11.7. The molecule has 126 valence electrons. The molecule has 3 aromatic rings. The van der Waals surface area contributed by atoms with Crippen molar-refractivity contribution in [2.45, 2.75) is 39.3 Å². The van der Waals surface area contributed by atoms with Crippen molar-refractivity contribution >= 4 is 28.6 Å². The number of thiazole rings is 1. The van der Waals surface area contributed by atoms with E-state index in [9.17, 15) is 4.79 Å². The van der Waals surface area contributed by atoms with Gasteiger partial charge in [-0.3, -0.25) is 4.79 Å². The zero-order chi connectivity index (χ0) is 16.9. The number of nitrogens with one attached hydrogen (secondary N) is 1. The van der Waals surface area contributed by atoms with Crippen LogP contribution in [0.15, 0.2) is 34.6 Å². The highest BCUT2D eigenvalue weighted by molar-refractivity contribution is 7.09. The summed E-state index contributed by atoms with van der Waals surface area (Å²) >= 11 is 3.26. The molecule has 1 N–H and O–H groups in total. The summed E-state index contributed by atoms with van der Waals surface area (Å²) in [5.74, 6) is 0.903. The number of carbonyl (C=O) groups excluding carboxylic acids is 1. The number of hydrogen-bond donors (Lipinski definition) is 1. The molecule has 3 aromatic heterocycles. The van der Waals surface area contributed by atoms with E-state index < -0.39 is 0 Å². The van der Waals surface area contributed by atoms with Crippen molar-refractivity contribution in [3.63, 3.8) is 0 Å². The van der Waals surface area contributed by atoms with E-state index in [1.165, 1.54) is 5.56 Å². The largest absolute Gasteiger partial charge is 0.345 e. The van der Waals surface area contributed by atoms with Gasteiger partial charge < -0.3 is 9.88 Å². The van der Waals surface area contributed by atoms with Crippen LogP contribution in [0.2, 0.25) is 0 Å². The first-order valence-corrected chi connectivity index (χ1v) is 9.70. The first kappa shape index (κ1) is 16.9. The summed E-state index contributed by atoms with van der Waals surface area (Å²) in [5, 5.41) is 10.3. The Labute approximate surface area is 149 Å². The Hall–Kier alpha value is -1.99. The van der Waals surface area contributed by atoms with Gasteiger partial charge in [-0.2, -0.15) is 11.3 Å². The fourth-order valence-electron chi connectivity index (χ4n) is 2.57. The maximum atomic E-state index is 12.5. The number of thiophene rings is 1. The second-order valence-electron chi connectivity index (χ2n) is 5.61. The monoisotopic (exact) mass is 360 g/mol. The van der Waals surface area contributed by atoms with Crippen LogP contribution in [0, 0.1) is 6.92 Å². The number of aromatic nitrogens is 3. The first-order valence-electron chi connectivity index (χ1n) is 7.88. The van der Waals surface area contributed by atoms with Crippen LogP contribution >= 0.6 is 22.7 Å². The van der Waals surface area contributed by atoms with E-state index >= 15 is 0 Å². The van der Waals surface area contributed by atoms with Gasteiger partial charge in [0.05, 0.1) is 6.04 Å². The predicted molar refractivity (Wildman–Crippen MR) is 97.4 cm³/mol. The lowest BCUT2D eigenvalue weighted by Gasteiger charge is -2.17. The highest BCUT2D eigenvalue weighted by Crippen LogP contribution is 2.23. The van der Waals surface area contributed by atoms with E-state index in [1.54, 1.807) is 28.9 Å². The molecule has 0 spiro atoms. The van der Waals surface area contributed by atoms with E-state index in [0.717, 1.165) is 29.4 Å². The number of rotatable bonds is 7. The van der Waals surface area contributed by atoms with E-state index in [0.29, 0.717) is 0 Å². The topological polar surface area (TPSA) is 59.8 Å². The molecule has 0 aliphatic carbocycles. The molecular formula is C17H20N4OS2. The van der Waals surface area contributed by atoms with Crippen molar-refractivity contribution in [1.29, 1.82) is 0 Å². The Kier molecular flexibility index (Phi) is 5.42. The van der Waals surface area contributed by atoms with Gasteiger partial charge in [0.25, 0.3) is 0 Å². The van der Waals surface area contributed by atoms with Crippen molar-refractivity contribution in [2.75, 3.05) is 0 Å². The van der Waals surface area contributed by atoms with E-state index in [4.69, 9.17) is 0 Å². The molecule has 0 radical (unpaired) electrons. The predicted octanol–water partition coefficient (Wildman–Crippen LogP) is 3.37. The zero-order valence-electron chi connectivity index (χ0n) is 13.7. The standard InChI is InChI=1S/C17H20N4OS2/c1-3-15-18-5-6-21(15)9-16(22)20-14(8-13-4-7-23-11-13)17-19-12(2)10-24-17/h4-7,10-11,14H,3,8-9H2,1-2H3,(H,20,22)/t14-/m0/s1. The summed E-state index contributed by atoms with van der Waals surface area (Å²) in [5.41, 5.74) is 2.21. The lowest BCUT2D eigenvalue weighted by molar-refractivity contribution is -0.122. The molecule has 0 saturated heterocycles. The Morgan fingerprint density at radius 2 is 2.29 bits per heavy atom. The second-order valence-corrected chi connectivity index (χ2v) is 7.28. The molecule has 3 heterocycles. The zero-order valence-corrected chi connectivity index (χ0v) is 15.4.